The summed E-state index contributed by atoms with van der Waals surface area (Å²) in [6, 6.07) is 3.96. The van der Waals surface area contributed by atoms with Gasteiger partial charge in [0.2, 0.25) is 0 Å². The van der Waals surface area contributed by atoms with Crippen molar-refractivity contribution in [2.75, 3.05) is 20.1 Å². The van der Waals surface area contributed by atoms with Crippen LogP contribution in [0.4, 0.5) is 26.3 Å². The van der Waals surface area contributed by atoms with Crippen LogP contribution in [0.2, 0.25) is 0 Å². The van der Waals surface area contributed by atoms with E-state index in [-0.39, 0.29) is 0 Å². The van der Waals surface area contributed by atoms with E-state index in [1.54, 1.807) is 6.26 Å². The van der Waals surface area contributed by atoms with Gasteiger partial charge in [-0.15, -0.1) is 0 Å². The minimum atomic E-state index is -5.08. The summed E-state index contributed by atoms with van der Waals surface area (Å²) in [7, 11) is 2.11. The lowest BCUT2D eigenvalue weighted by Gasteiger charge is -2.27. The molecule has 2 aliphatic rings. The maximum Gasteiger partial charge on any atom is 0.490 e. The summed E-state index contributed by atoms with van der Waals surface area (Å²) in [5.41, 5.74) is 1.16. The SMILES string of the molecule is CN(Cc1cn2c(n1)CN(CC1CC1)CC2)Cc1ccco1.O=C(O)C(F)(F)F.O=C(O)C(F)(F)F. The molecule has 0 unspecified atom stereocenters. The highest BCUT2D eigenvalue weighted by Crippen LogP contribution is 2.30. The maximum absolute atomic E-state index is 10.6. The lowest BCUT2D eigenvalue weighted by atomic mass is 10.3. The number of hydrogen-bond donors (Lipinski definition) is 2. The Morgan fingerprint density at radius 3 is 2.14 bits per heavy atom. The van der Waals surface area contributed by atoms with Crippen LogP contribution in [0.3, 0.4) is 0 Å². The summed E-state index contributed by atoms with van der Waals surface area (Å²) >= 11 is 0. The first-order valence-corrected chi connectivity index (χ1v) is 10.7. The molecule has 1 aliphatic carbocycles. The van der Waals surface area contributed by atoms with Gasteiger partial charge in [0, 0.05) is 32.4 Å². The molecule has 36 heavy (non-hydrogen) atoms. The molecule has 1 fully saturated rings. The van der Waals surface area contributed by atoms with Gasteiger partial charge in [-0.3, -0.25) is 9.80 Å². The van der Waals surface area contributed by atoms with Gasteiger partial charge in [-0.2, -0.15) is 26.3 Å². The molecule has 15 heteroatoms. The summed E-state index contributed by atoms with van der Waals surface area (Å²) < 4.78 is 71.2. The van der Waals surface area contributed by atoms with E-state index in [0.717, 1.165) is 43.6 Å². The van der Waals surface area contributed by atoms with E-state index in [1.807, 2.05) is 12.1 Å². The number of carboxylic acids is 2. The number of aliphatic carboxylic acids is 2. The first-order valence-electron chi connectivity index (χ1n) is 10.7. The van der Waals surface area contributed by atoms with E-state index in [4.69, 9.17) is 29.2 Å². The first-order chi connectivity index (χ1) is 16.6. The van der Waals surface area contributed by atoms with Gasteiger partial charge < -0.3 is 19.2 Å². The number of fused-ring (bicyclic) bond motifs is 1. The largest absolute Gasteiger partial charge is 0.490 e. The van der Waals surface area contributed by atoms with Crippen LogP contribution in [-0.2, 0) is 35.8 Å². The Morgan fingerprint density at radius 1 is 1.08 bits per heavy atom. The summed E-state index contributed by atoms with van der Waals surface area (Å²) in [5, 5.41) is 14.2. The number of rotatable bonds is 6. The van der Waals surface area contributed by atoms with Gasteiger partial charge in [-0.1, -0.05) is 0 Å². The van der Waals surface area contributed by atoms with Crippen LogP contribution >= 0.6 is 0 Å². The Hall–Kier alpha value is -3.07. The fourth-order valence-corrected chi connectivity index (χ4v) is 3.26. The second-order valence-corrected chi connectivity index (χ2v) is 8.38. The Morgan fingerprint density at radius 2 is 1.67 bits per heavy atom. The average molecular weight is 528 g/mol. The number of aromatic nitrogens is 2. The Labute approximate surface area is 201 Å². The van der Waals surface area contributed by atoms with E-state index >= 15 is 0 Å². The molecular weight excluding hydrogens is 502 g/mol. The lowest BCUT2D eigenvalue weighted by Crippen LogP contribution is -2.34. The van der Waals surface area contributed by atoms with Crippen molar-refractivity contribution in [3.05, 3.63) is 41.9 Å². The standard InChI is InChI=1S/C17H24N4O.2C2HF3O2/c1-19(12-16-3-2-8-22-16)10-15-11-21-7-6-20(9-14-4-5-14)13-17(21)18-15;2*3-2(4,5)1(6)7/h2-3,8,11,14H,4-7,9-10,12-13H2,1H3;2*(H,6,7). The van der Waals surface area contributed by atoms with Crippen LogP contribution in [0.15, 0.2) is 29.0 Å². The molecule has 1 aliphatic heterocycles. The average Bonchev–Trinajstić information content (AvgIpc) is 3.24. The zero-order chi connectivity index (χ0) is 27.1. The number of furan rings is 1. The minimum Gasteiger partial charge on any atom is -0.475 e. The molecule has 0 bridgehead atoms. The summed E-state index contributed by atoms with van der Waals surface area (Å²) in [5.74, 6) is -2.32. The number of imidazole rings is 1. The number of hydrogen-bond acceptors (Lipinski definition) is 6. The minimum absolute atomic E-state index is 0.822. The molecule has 0 spiro atoms. The summed E-state index contributed by atoms with van der Waals surface area (Å²) in [6.07, 6.45) is -3.36. The third-order valence-electron chi connectivity index (χ3n) is 5.07. The number of halogens is 6. The molecule has 0 atom stereocenters. The van der Waals surface area contributed by atoms with Gasteiger partial charge in [-0.25, -0.2) is 14.6 Å². The van der Waals surface area contributed by atoms with Gasteiger partial charge in [0.15, 0.2) is 0 Å². The van der Waals surface area contributed by atoms with Crippen molar-refractivity contribution < 1.29 is 50.6 Å². The van der Waals surface area contributed by atoms with Gasteiger partial charge >= 0.3 is 24.3 Å². The Kier molecular flexibility index (Phi) is 9.93. The highest BCUT2D eigenvalue weighted by Gasteiger charge is 2.38. The molecule has 0 amide bonds. The molecule has 2 aromatic heterocycles. The van der Waals surface area contributed by atoms with Crippen molar-refractivity contribution in [1.82, 2.24) is 19.4 Å². The Bertz CT molecular complexity index is 962. The van der Waals surface area contributed by atoms with Gasteiger partial charge in [0.25, 0.3) is 0 Å². The van der Waals surface area contributed by atoms with Crippen LogP contribution in [0.25, 0.3) is 0 Å². The molecule has 3 heterocycles. The van der Waals surface area contributed by atoms with Crippen molar-refractivity contribution in [3.63, 3.8) is 0 Å². The van der Waals surface area contributed by atoms with E-state index in [1.165, 1.54) is 31.8 Å². The fraction of sp³-hybridized carbons (Fsp3) is 0.571. The lowest BCUT2D eigenvalue weighted by molar-refractivity contribution is -0.193. The van der Waals surface area contributed by atoms with E-state index < -0.39 is 24.3 Å². The van der Waals surface area contributed by atoms with Gasteiger partial charge in [0.05, 0.1) is 25.0 Å². The van der Waals surface area contributed by atoms with Crippen LogP contribution in [-0.4, -0.2) is 74.0 Å². The highest BCUT2D eigenvalue weighted by atomic mass is 19.4. The predicted molar refractivity (Wildman–Crippen MR) is 111 cm³/mol. The van der Waals surface area contributed by atoms with Crippen LogP contribution in [0.5, 0.6) is 0 Å². The molecule has 4 rings (SSSR count). The van der Waals surface area contributed by atoms with Crippen LogP contribution in [0, 0.1) is 5.92 Å². The first kappa shape index (κ1) is 29.2. The monoisotopic (exact) mass is 528 g/mol. The molecule has 0 saturated heterocycles. The van der Waals surface area contributed by atoms with Gasteiger partial charge in [-0.05, 0) is 37.9 Å². The number of carboxylic acid groups (broad SMARTS) is 2. The van der Waals surface area contributed by atoms with Crippen molar-refractivity contribution >= 4 is 11.9 Å². The van der Waals surface area contributed by atoms with Crippen molar-refractivity contribution in [2.24, 2.45) is 5.92 Å². The predicted octanol–water partition coefficient (Wildman–Crippen LogP) is 3.60. The van der Waals surface area contributed by atoms with E-state index in [9.17, 15) is 26.3 Å². The summed E-state index contributed by atoms with van der Waals surface area (Å²) in [6.45, 7) is 6.21. The van der Waals surface area contributed by atoms with Crippen LogP contribution < -0.4 is 0 Å². The third kappa shape index (κ3) is 10.3. The van der Waals surface area contributed by atoms with Crippen molar-refractivity contribution in [2.45, 2.75) is 51.4 Å². The molecule has 9 nitrogen and oxygen atoms in total. The zero-order valence-electron chi connectivity index (χ0n) is 19.2. The smallest absolute Gasteiger partial charge is 0.475 e. The van der Waals surface area contributed by atoms with Gasteiger partial charge in [0.1, 0.15) is 11.6 Å². The highest BCUT2D eigenvalue weighted by molar-refractivity contribution is 5.73. The third-order valence-corrected chi connectivity index (χ3v) is 5.07. The molecule has 0 aromatic carbocycles. The Balaban J connectivity index is 0.000000271. The molecule has 0 radical (unpaired) electrons. The molecule has 2 N–H and O–H groups in total. The van der Waals surface area contributed by atoms with E-state index in [0.29, 0.717) is 0 Å². The fourth-order valence-electron chi connectivity index (χ4n) is 3.26. The zero-order valence-corrected chi connectivity index (χ0v) is 19.2. The molecule has 1 saturated carbocycles. The molecular formula is C21H26F6N4O5. The van der Waals surface area contributed by atoms with E-state index in [2.05, 4.69) is 27.6 Å². The van der Waals surface area contributed by atoms with Crippen molar-refractivity contribution in [3.8, 4) is 0 Å². The van der Waals surface area contributed by atoms with Crippen molar-refractivity contribution in [1.29, 1.82) is 0 Å². The number of alkyl halides is 6. The number of carbonyl (C=O) groups is 2. The quantitative estimate of drug-likeness (QED) is 0.548. The molecule has 202 valence electrons. The maximum atomic E-state index is 10.6. The van der Waals surface area contributed by atoms with Crippen LogP contribution in [0.1, 0.15) is 30.1 Å². The molecule has 2 aromatic rings. The second-order valence-electron chi connectivity index (χ2n) is 8.38. The topological polar surface area (TPSA) is 112 Å². The second kappa shape index (κ2) is 12.3. The number of nitrogens with zero attached hydrogens (tertiary/aromatic N) is 4. The summed E-state index contributed by atoms with van der Waals surface area (Å²) in [4.78, 5) is 27.4. The normalized spacial score (nSPS) is 15.9.